The molecule has 0 unspecified atom stereocenters. The lowest BCUT2D eigenvalue weighted by molar-refractivity contribution is -0.119. The molecule has 0 atom stereocenters. The van der Waals surface area contributed by atoms with Gasteiger partial charge < -0.3 is 19.8 Å². The first-order valence-corrected chi connectivity index (χ1v) is 7.76. The fraction of sp³-hybridized carbons (Fsp3) is 0.158. The number of methoxy groups -OCH3 is 1. The number of para-hydroxylation sites is 1. The molecule has 0 bridgehead atoms. The largest absolute Gasteiger partial charge is 0.461 e. The predicted molar refractivity (Wildman–Crippen MR) is 95.9 cm³/mol. The molecule has 25 heavy (non-hydrogen) atoms. The summed E-state index contributed by atoms with van der Waals surface area (Å²) in [4.78, 5) is 24.0. The highest BCUT2D eigenvalue weighted by molar-refractivity contribution is 6.11. The third-order valence-electron chi connectivity index (χ3n) is 3.61. The van der Waals surface area contributed by atoms with Crippen molar-refractivity contribution >= 4 is 34.2 Å². The Hall–Kier alpha value is -3.12. The van der Waals surface area contributed by atoms with Crippen molar-refractivity contribution in [1.82, 2.24) is 0 Å². The fourth-order valence-corrected chi connectivity index (χ4v) is 2.53. The zero-order valence-corrected chi connectivity index (χ0v) is 14.0. The second-order valence-electron chi connectivity index (χ2n) is 5.59. The molecule has 0 fully saturated rings. The van der Waals surface area contributed by atoms with Gasteiger partial charge in [0, 0.05) is 23.9 Å². The second kappa shape index (κ2) is 7.19. The standard InChI is InChI=1S/C19H18N2O4/c1-12-10-13-4-3-5-16(18(13)25-12)19(23)21-15-8-6-14(7-9-15)20-17(22)11-24-2/h3-10H,11H2,1-2H3,(H,20,22)(H,21,23). The minimum atomic E-state index is -0.254. The van der Waals surface area contributed by atoms with E-state index in [1.54, 1.807) is 30.3 Å². The van der Waals surface area contributed by atoms with Gasteiger partial charge in [0.25, 0.3) is 5.91 Å². The van der Waals surface area contributed by atoms with Crippen LogP contribution in [-0.2, 0) is 9.53 Å². The smallest absolute Gasteiger partial charge is 0.259 e. The van der Waals surface area contributed by atoms with Crippen molar-refractivity contribution in [3.8, 4) is 0 Å². The van der Waals surface area contributed by atoms with Crippen LogP contribution >= 0.6 is 0 Å². The van der Waals surface area contributed by atoms with Gasteiger partial charge in [0.15, 0.2) is 0 Å². The summed E-state index contributed by atoms with van der Waals surface area (Å²) in [6.45, 7) is 1.84. The van der Waals surface area contributed by atoms with E-state index in [1.807, 2.05) is 25.1 Å². The first kappa shape index (κ1) is 16.7. The van der Waals surface area contributed by atoms with Gasteiger partial charge in [0.05, 0.1) is 5.56 Å². The van der Waals surface area contributed by atoms with E-state index in [-0.39, 0.29) is 18.4 Å². The van der Waals surface area contributed by atoms with E-state index in [0.29, 0.717) is 22.5 Å². The first-order chi connectivity index (χ1) is 12.1. The second-order valence-corrected chi connectivity index (χ2v) is 5.59. The van der Waals surface area contributed by atoms with Crippen LogP contribution in [0.2, 0.25) is 0 Å². The molecule has 1 aromatic heterocycles. The van der Waals surface area contributed by atoms with Gasteiger partial charge in [-0.15, -0.1) is 0 Å². The molecule has 0 saturated heterocycles. The van der Waals surface area contributed by atoms with Crippen LogP contribution in [0.1, 0.15) is 16.1 Å². The number of fused-ring (bicyclic) bond motifs is 1. The van der Waals surface area contributed by atoms with Crippen molar-refractivity contribution in [2.24, 2.45) is 0 Å². The average Bonchev–Trinajstić information content (AvgIpc) is 2.96. The van der Waals surface area contributed by atoms with E-state index in [9.17, 15) is 9.59 Å². The first-order valence-electron chi connectivity index (χ1n) is 7.76. The van der Waals surface area contributed by atoms with Crippen LogP contribution in [0.5, 0.6) is 0 Å². The summed E-state index contributed by atoms with van der Waals surface area (Å²) in [5, 5.41) is 6.41. The van der Waals surface area contributed by atoms with E-state index < -0.39 is 0 Å². The van der Waals surface area contributed by atoms with Crippen molar-refractivity contribution in [1.29, 1.82) is 0 Å². The number of carbonyl (C=O) groups excluding carboxylic acids is 2. The molecule has 0 saturated carbocycles. The predicted octanol–water partition coefficient (Wildman–Crippen LogP) is 3.58. The molecule has 3 aromatic rings. The molecule has 128 valence electrons. The number of furan rings is 1. The molecule has 0 radical (unpaired) electrons. The zero-order valence-electron chi connectivity index (χ0n) is 14.0. The Bertz CT molecular complexity index is 913. The van der Waals surface area contributed by atoms with Crippen LogP contribution in [-0.4, -0.2) is 25.5 Å². The van der Waals surface area contributed by atoms with Crippen LogP contribution < -0.4 is 10.6 Å². The van der Waals surface area contributed by atoms with Crippen molar-refractivity contribution in [2.75, 3.05) is 24.4 Å². The highest BCUT2D eigenvalue weighted by Gasteiger charge is 2.13. The molecule has 2 aromatic carbocycles. The molecular formula is C19H18N2O4. The Balaban J connectivity index is 1.73. The monoisotopic (exact) mass is 338 g/mol. The van der Waals surface area contributed by atoms with E-state index in [1.165, 1.54) is 7.11 Å². The highest BCUT2D eigenvalue weighted by atomic mass is 16.5. The number of anilines is 2. The number of benzene rings is 2. The molecule has 0 aliphatic rings. The van der Waals surface area contributed by atoms with Gasteiger partial charge in [-0.25, -0.2) is 0 Å². The molecule has 2 amide bonds. The van der Waals surface area contributed by atoms with Gasteiger partial charge in [0.2, 0.25) is 5.91 Å². The fourth-order valence-electron chi connectivity index (χ4n) is 2.53. The molecule has 6 nitrogen and oxygen atoms in total. The molecule has 1 heterocycles. The number of nitrogens with one attached hydrogen (secondary N) is 2. The van der Waals surface area contributed by atoms with Gasteiger partial charge in [-0.1, -0.05) is 12.1 Å². The summed E-state index contributed by atoms with van der Waals surface area (Å²) in [5.41, 5.74) is 2.29. The molecule has 0 spiro atoms. The molecule has 0 aliphatic carbocycles. The Kier molecular flexibility index (Phi) is 4.81. The van der Waals surface area contributed by atoms with Gasteiger partial charge in [0.1, 0.15) is 18.0 Å². The van der Waals surface area contributed by atoms with Crippen LogP contribution in [0.4, 0.5) is 11.4 Å². The maximum absolute atomic E-state index is 12.5. The Morgan fingerprint density at radius 1 is 1.04 bits per heavy atom. The molecule has 0 aliphatic heterocycles. The minimum Gasteiger partial charge on any atom is -0.461 e. The maximum atomic E-state index is 12.5. The lowest BCUT2D eigenvalue weighted by Crippen LogP contribution is -2.17. The summed E-state index contributed by atoms with van der Waals surface area (Å²) in [6.07, 6.45) is 0. The van der Waals surface area contributed by atoms with Crippen molar-refractivity contribution in [3.05, 3.63) is 59.9 Å². The van der Waals surface area contributed by atoms with Gasteiger partial charge >= 0.3 is 0 Å². The minimum absolute atomic E-state index is 0.00887. The van der Waals surface area contributed by atoms with Gasteiger partial charge in [-0.3, -0.25) is 9.59 Å². The topological polar surface area (TPSA) is 80.6 Å². The third-order valence-corrected chi connectivity index (χ3v) is 3.61. The Morgan fingerprint density at radius 3 is 2.40 bits per heavy atom. The highest BCUT2D eigenvalue weighted by Crippen LogP contribution is 2.24. The molecule has 6 heteroatoms. The normalized spacial score (nSPS) is 10.6. The van der Waals surface area contributed by atoms with Gasteiger partial charge in [-0.05, 0) is 43.3 Å². The van der Waals surface area contributed by atoms with E-state index >= 15 is 0 Å². The number of amides is 2. The van der Waals surface area contributed by atoms with Crippen LogP contribution in [0, 0.1) is 6.92 Å². The average molecular weight is 338 g/mol. The van der Waals surface area contributed by atoms with Crippen LogP contribution in [0.15, 0.2) is 52.9 Å². The SMILES string of the molecule is COCC(=O)Nc1ccc(NC(=O)c2cccc3cc(C)oc23)cc1. The van der Waals surface area contributed by atoms with Crippen LogP contribution in [0.3, 0.4) is 0 Å². The summed E-state index contributed by atoms with van der Waals surface area (Å²) >= 11 is 0. The van der Waals surface area contributed by atoms with E-state index in [4.69, 9.17) is 9.15 Å². The quantitative estimate of drug-likeness (QED) is 0.745. The summed E-state index contributed by atoms with van der Waals surface area (Å²) < 4.78 is 10.4. The lowest BCUT2D eigenvalue weighted by Gasteiger charge is -2.08. The molecule has 2 N–H and O–H groups in total. The van der Waals surface area contributed by atoms with Gasteiger partial charge in [-0.2, -0.15) is 0 Å². The van der Waals surface area contributed by atoms with Crippen molar-refractivity contribution in [2.45, 2.75) is 6.92 Å². The van der Waals surface area contributed by atoms with Crippen molar-refractivity contribution < 1.29 is 18.7 Å². The summed E-state index contributed by atoms with van der Waals surface area (Å²) in [5.74, 6) is 0.265. The Morgan fingerprint density at radius 2 is 1.72 bits per heavy atom. The van der Waals surface area contributed by atoms with Crippen molar-refractivity contribution in [3.63, 3.8) is 0 Å². The molecule has 3 rings (SSSR count). The summed E-state index contributed by atoms with van der Waals surface area (Å²) in [6, 6.07) is 14.2. The number of hydrogen-bond acceptors (Lipinski definition) is 4. The maximum Gasteiger partial charge on any atom is 0.259 e. The zero-order chi connectivity index (χ0) is 17.8. The molecular weight excluding hydrogens is 320 g/mol. The Labute approximate surface area is 144 Å². The van der Waals surface area contributed by atoms with Crippen LogP contribution in [0.25, 0.3) is 11.0 Å². The lowest BCUT2D eigenvalue weighted by atomic mass is 10.1. The third kappa shape index (κ3) is 3.87. The number of rotatable bonds is 5. The number of aryl methyl sites for hydroxylation is 1. The number of carbonyl (C=O) groups is 2. The van der Waals surface area contributed by atoms with E-state index in [2.05, 4.69) is 10.6 Å². The summed E-state index contributed by atoms with van der Waals surface area (Å²) in [7, 11) is 1.46. The number of ether oxygens (including phenoxy) is 1. The van der Waals surface area contributed by atoms with E-state index in [0.717, 1.165) is 11.1 Å². The number of hydrogen-bond donors (Lipinski definition) is 2.